The van der Waals surface area contributed by atoms with Gasteiger partial charge in [0.05, 0.1) is 4.90 Å². The molecule has 0 bridgehead atoms. The van der Waals surface area contributed by atoms with Crippen LogP contribution in [0.1, 0.15) is 44.9 Å². The maximum Gasteiger partial charge on any atom is 0.240 e. The van der Waals surface area contributed by atoms with Gasteiger partial charge in [0, 0.05) is 18.2 Å². The lowest BCUT2D eigenvalue weighted by Crippen LogP contribution is -2.25. The van der Waals surface area contributed by atoms with E-state index in [9.17, 15) is 13.2 Å². The Hall–Kier alpha value is -1.40. The number of benzene rings is 1. The summed E-state index contributed by atoms with van der Waals surface area (Å²) < 4.78 is 27.0. The zero-order chi connectivity index (χ0) is 15.6. The monoisotopic (exact) mass is 322 g/mol. The summed E-state index contributed by atoms with van der Waals surface area (Å²) in [7, 11) is -3.48. The Balaban J connectivity index is 1.64. The van der Waals surface area contributed by atoms with Gasteiger partial charge < -0.3 is 5.32 Å². The molecule has 2 saturated carbocycles. The van der Waals surface area contributed by atoms with Crippen molar-refractivity contribution in [3.63, 3.8) is 0 Å². The van der Waals surface area contributed by atoms with Crippen LogP contribution >= 0.6 is 0 Å². The predicted octanol–water partition coefficient (Wildman–Crippen LogP) is 2.65. The van der Waals surface area contributed by atoms with E-state index in [1.165, 1.54) is 18.9 Å². The molecule has 1 amide bonds. The lowest BCUT2D eigenvalue weighted by atomic mass is 10.0. The summed E-state index contributed by atoms with van der Waals surface area (Å²) in [6.45, 7) is 0. The highest BCUT2D eigenvalue weighted by molar-refractivity contribution is 7.89. The van der Waals surface area contributed by atoms with E-state index in [-0.39, 0.29) is 16.8 Å². The van der Waals surface area contributed by atoms with E-state index in [1.807, 2.05) is 0 Å². The lowest BCUT2D eigenvalue weighted by Gasteiger charge is -2.11. The molecule has 1 aromatic carbocycles. The van der Waals surface area contributed by atoms with Gasteiger partial charge in [-0.1, -0.05) is 18.9 Å². The van der Waals surface area contributed by atoms with E-state index in [0.717, 1.165) is 25.7 Å². The number of nitrogens with one attached hydrogen (secondary N) is 2. The first-order valence-corrected chi connectivity index (χ1v) is 9.43. The molecule has 0 unspecified atom stereocenters. The first-order valence-electron chi connectivity index (χ1n) is 7.95. The summed E-state index contributed by atoms with van der Waals surface area (Å²) in [4.78, 5) is 12.2. The highest BCUT2D eigenvalue weighted by Crippen LogP contribution is 2.28. The Morgan fingerprint density at radius 1 is 1.14 bits per heavy atom. The van der Waals surface area contributed by atoms with E-state index < -0.39 is 10.0 Å². The molecule has 5 nitrogen and oxygen atoms in total. The second-order valence-electron chi connectivity index (χ2n) is 6.33. The third-order valence-corrected chi connectivity index (χ3v) is 5.79. The zero-order valence-corrected chi connectivity index (χ0v) is 13.4. The van der Waals surface area contributed by atoms with E-state index >= 15 is 0 Å². The SMILES string of the molecule is O=C(CC1CCCC1)Nc1cccc(S(=O)(=O)NC2CC2)c1. The average molecular weight is 322 g/mol. The molecular weight excluding hydrogens is 300 g/mol. The van der Waals surface area contributed by atoms with Crippen LogP contribution in [-0.2, 0) is 14.8 Å². The zero-order valence-electron chi connectivity index (χ0n) is 12.5. The van der Waals surface area contributed by atoms with E-state index in [2.05, 4.69) is 10.0 Å². The predicted molar refractivity (Wildman–Crippen MR) is 85.0 cm³/mol. The second kappa shape index (κ2) is 6.38. The number of hydrogen-bond acceptors (Lipinski definition) is 3. The molecule has 6 heteroatoms. The summed E-state index contributed by atoms with van der Waals surface area (Å²) in [5.74, 6) is 0.444. The minimum Gasteiger partial charge on any atom is -0.326 e. The molecule has 3 rings (SSSR count). The molecule has 0 radical (unpaired) electrons. The molecule has 0 saturated heterocycles. The van der Waals surface area contributed by atoms with Crippen LogP contribution in [0.5, 0.6) is 0 Å². The Labute approximate surface area is 131 Å². The van der Waals surface area contributed by atoms with Crippen LogP contribution in [-0.4, -0.2) is 20.4 Å². The summed E-state index contributed by atoms with van der Waals surface area (Å²) >= 11 is 0. The van der Waals surface area contributed by atoms with Crippen LogP contribution in [0, 0.1) is 5.92 Å². The average Bonchev–Trinajstić information content (AvgIpc) is 3.11. The second-order valence-corrected chi connectivity index (χ2v) is 8.04. The smallest absolute Gasteiger partial charge is 0.240 e. The molecule has 120 valence electrons. The van der Waals surface area contributed by atoms with Crippen LogP contribution in [0.4, 0.5) is 5.69 Å². The van der Waals surface area contributed by atoms with Crippen molar-refractivity contribution in [2.75, 3.05) is 5.32 Å². The Morgan fingerprint density at radius 3 is 2.55 bits per heavy atom. The van der Waals surface area contributed by atoms with Gasteiger partial charge in [-0.2, -0.15) is 0 Å². The number of rotatable bonds is 6. The highest BCUT2D eigenvalue weighted by Gasteiger charge is 2.28. The molecule has 2 N–H and O–H groups in total. The Kier molecular flexibility index (Phi) is 4.49. The quantitative estimate of drug-likeness (QED) is 0.845. The Bertz CT molecular complexity index is 647. The summed E-state index contributed by atoms with van der Waals surface area (Å²) in [6, 6.07) is 6.54. The standard InChI is InChI=1S/C16H22N2O3S/c19-16(10-12-4-1-2-5-12)17-14-6-3-7-15(11-14)22(20,21)18-13-8-9-13/h3,6-7,11-13,18H,1-2,4-5,8-10H2,(H,17,19). The minimum atomic E-state index is -3.48. The molecule has 2 aliphatic carbocycles. The van der Waals surface area contributed by atoms with Crippen molar-refractivity contribution in [1.29, 1.82) is 0 Å². The maximum absolute atomic E-state index is 12.2. The number of carbonyl (C=O) groups excluding carboxylic acids is 1. The number of hydrogen-bond donors (Lipinski definition) is 2. The molecule has 0 aliphatic heterocycles. The van der Waals surface area contributed by atoms with Crippen molar-refractivity contribution in [2.45, 2.75) is 55.9 Å². The summed E-state index contributed by atoms with van der Waals surface area (Å²) in [5.41, 5.74) is 0.543. The van der Waals surface area contributed by atoms with Crippen LogP contribution in [0.25, 0.3) is 0 Å². The first-order chi connectivity index (χ1) is 10.5. The molecule has 1 aromatic rings. The van der Waals surface area contributed by atoms with E-state index in [1.54, 1.807) is 18.2 Å². The number of anilines is 1. The fourth-order valence-electron chi connectivity index (χ4n) is 2.92. The Morgan fingerprint density at radius 2 is 1.86 bits per heavy atom. The molecule has 0 spiro atoms. The van der Waals surface area contributed by atoms with Gasteiger partial charge in [0.1, 0.15) is 0 Å². The van der Waals surface area contributed by atoms with Gasteiger partial charge in [0.15, 0.2) is 0 Å². The number of amides is 1. The van der Waals surface area contributed by atoms with Gasteiger partial charge in [-0.15, -0.1) is 0 Å². The molecule has 2 fully saturated rings. The molecule has 0 atom stereocenters. The first kappa shape index (κ1) is 15.5. The van der Waals surface area contributed by atoms with Gasteiger partial charge in [0.25, 0.3) is 0 Å². The van der Waals surface area contributed by atoms with E-state index in [4.69, 9.17) is 0 Å². The molecule has 2 aliphatic rings. The fraction of sp³-hybridized carbons (Fsp3) is 0.562. The van der Waals surface area contributed by atoms with Crippen molar-refractivity contribution in [1.82, 2.24) is 4.72 Å². The topological polar surface area (TPSA) is 75.3 Å². The number of carbonyl (C=O) groups is 1. The molecule has 0 aromatic heterocycles. The largest absolute Gasteiger partial charge is 0.326 e. The van der Waals surface area contributed by atoms with Crippen molar-refractivity contribution in [2.24, 2.45) is 5.92 Å². The highest BCUT2D eigenvalue weighted by atomic mass is 32.2. The van der Waals surface area contributed by atoms with Gasteiger partial charge in [0.2, 0.25) is 15.9 Å². The maximum atomic E-state index is 12.2. The van der Waals surface area contributed by atoms with Crippen molar-refractivity contribution in [3.8, 4) is 0 Å². The third-order valence-electron chi connectivity index (χ3n) is 4.28. The lowest BCUT2D eigenvalue weighted by molar-refractivity contribution is -0.117. The number of sulfonamides is 1. The van der Waals surface area contributed by atoms with Crippen LogP contribution in [0.3, 0.4) is 0 Å². The van der Waals surface area contributed by atoms with Gasteiger partial charge in [-0.05, 0) is 49.8 Å². The van der Waals surface area contributed by atoms with Crippen molar-refractivity contribution >= 4 is 21.6 Å². The fourth-order valence-corrected chi connectivity index (χ4v) is 4.27. The van der Waals surface area contributed by atoms with Crippen molar-refractivity contribution in [3.05, 3.63) is 24.3 Å². The van der Waals surface area contributed by atoms with E-state index in [0.29, 0.717) is 18.0 Å². The van der Waals surface area contributed by atoms with Crippen LogP contribution in [0.2, 0.25) is 0 Å². The van der Waals surface area contributed by atoms with Crippen LogP contribution in [0.15, 0.2) is 29.2 Å². The summed E-state index contributed by atoms with van der Waals surface area (Å²) in [5, 5.41) is 2.82. The van der Waals surface area contributed by atoms with Crippen molar-refractivity contribution < 1.29 is 13.2 Å². The third kappa shape index (κ3) is 4.08. The minimum absolute atomic E-state index is 0.0309. The normalized spacial score (nSPS) is 19.3. The molecule has 0 heterocycles. The van der Waals surface area contributed by atoms with Crippen LogP contribution < -0.4 is 10.0 Å². The van der Waals surface area contributed by atoms with Gasteiger partial charge >= 0.3 is 0 Å². The molecule has 22 heavy (non-hydrogen) atoms. The van der Waals surface area contributed by atoms with Gasteiger partial charge in [-0.3, -0.25) is 4.79 Å². The molecular formula is C16H22N2O3S. The van der Waals surface area contributed by atoms with Gasteiger partial charge in [-0.25, -0.2) is 13.1 Å². The summed E-state index contributed by atoms with van der Waals surface area (Å²) in [6.07, 6.45) is 6.97.